The van der Waals surface area contributed by atoms with Crippen molar-refractivity contribution in [1.82, 2.24) is 10.2 Å². The molecule has 0 atom stereocenters. The minimum Gasteiger partial charge on any atom is -0.350 e. The van der Waals surface area contributed by atoms with Crippen LogP contribution in [0, 0.1) is 0 Å². The summed E-state index contributed by atoms with van der Waals surface area (Å²) in [6.45, 7) is 0.691. The van der Waals surface area contributed by atoms with E-state index in [4.69, 9.17) is 0 Å². The molecular formula is C22H27BrN2O. The number of hydrogen-bond acceptors (Lipinski definition) is 2. The Hall–Kier alpha value is -1.65. The molecule has 3 nitrogen and oxygen atoms in total. The highest BCUT2D eigenvalue weighted by Gasteiger charge is 2.37. The lowest BCUT2D eigenvalue weighted by atomic mass is 9.73. The van der Waals surface area contributed by atoms with E-state index in [-0.39, 0.29) is 11.4 Å². The van der Waals surface area contributed by atoms with Crippen molar-refractivity contribution in [3.63, 3.8) is 0 Å². The van der Waals surface area contributed by atoms with Crippen LogP contribution in [-0.4, -0.2) is 37.0 Å². The second-order valence-corrected chi connectivity index (χ2v) is 8.41. The summed E-state index contributed by atoms with van der Waals surface area (Å²) in [7, 11) is 4.27. The Balaban J connectivity index is 1.62. The molecule has 1 N–H and O–H groups in total. The SMILES string of the molecule is CN(C)C1(CNC(=O)c2ccc(Br)cc2)CCC(c2ccccc2)CC1. The van der Waals surface area contributed by atoms with Crippen LogP contribution in [0.25, 0.3) is 0 Å². The zero-order chi connectivity index (χ0) is 18.6. The third-order valence-electron chi connectivity index (χ3n) is 5.82. The van der Waals surface area contributed by atoms with Gasteiger partial charge in [-0.25, -0.2) is 0 Å². The summed E-state index contributed by atoms with van der Waals surface area (Å²) < 4.78 is 0.984. The molecule has 1 aliphatic carbocycles. The first-order chi connectivity index (χ1) is 12.5. The van der Waals surface area contributed by atoms with Crippen molar-refractivity contribution in [2.75, 3.05) is 20.6 Å². The molecule has 0 unspecified atom stereocenters. The standard InChI is InChI=1S/C22H27BrN2O/c1-25(2)22(16-24-21(26)19-8-10-20(23)11-9-19)14-12-18(13-15-22)17-6-4-3-5-7-17/h3-11,18H,12-16H2,1-2H3,(H,24,26). The molecule has 0 bridgehead atoms. The number of rotatable bonds is 5. The molecule has 0 aliphatic heterocycles. The summed E-state index contributed by atoms with van der Waals surface area (Å²) in [5.41, 5.74) is 2.19. The van der Waals surface area contributed by atoms with E-state index in [2.05, 4.69) is 70.6 Å². The molecule has 138 valence electrons. The van der Waals surface area contributed by atoms with Gasteiger partial charge in [-0.3, -0.25) is 4.79 Å². The number of halogens is 1. The second kappa shape index (κ2) is 8.36. The van der Waals surface area contributed by atoms with Gasteiger partial charge in [0.05, 0.1) is 0 Å². The number of benzene rings is 2. The van der Waals surface area contributed by atoms with E-state index in [1.807, 2.05) is 24.3 Å². The van der Waals surface area contributed by atoms with Crippen molar-refractivity contribution in [2.24, 2.45) is 0 Å². The first-order valence-electron chi connectivity index (χ1n) is 9.26. The van der Waals surface area contributed by atoms with Gasteiger partial charge in [0.2, 0.25) is 0 Å². The van der Waals surface area contributed by atoms with Gasteiger partial charge in [-0.05, 0) is 75.5 Å². The predicted octanol–water partition coefficient (Wildman–Crippen LogP) is 4.84. The van der Waals surface area contributed by atoms with Crippen LogP contribution in [0.5, 0.6) is 0 Å². The lowest BCUT2D eigenvalue weighted by molar-refractivity contribution is 0.0769. The molecule has 0 heterocycles. The van der Waals surface area contributed by atoms with E-state index in [9.17, 15) is 4.79 Å². The second-order valence-electron chi connectivity index (χ2n) is 7.49. The fourth-order valence-electron chi connectivity index (χ4n) is 3.94. The third kappa shape index (κ3) is 4.36. The van der Waals surface area contributed by atoms with Gasteiger partial charge in [-0.2, -0.15) is 0 Å². The third-order valence-corrected chi connectivity index (χ3v) is 6.35. The first-order valence-corrected chi connectivity index (χ1v) is 10.1. The number of amides is 1. The number of nitrogens with one attached hydrogen (secondary N) is 1. The van der Waals surface area contributed by atoms with Crippen molar-refractivity contribution < 1.29 is 4.79 Å². The van der Waals surface area contributed by atoms with E-state index >= 15 is 0 Å². The largest absolute Gasteiger partial charge is 0.350 e. The zero-order valence-corrected chi connectivity index (χ0v) is 17.1. The van der Waals surface area contributed by atoms with Crippen LogP contribution in [0.3, 0.4) is 0 Å². The highest BCUT2D eigenvalue weighted by molar-refractivity contribution is 9.10. The average molecular weight is 415 g/mol. The number of likely N-dealkylation sites (N-methyl/N-ethyl adjacent to an activating group) is 1. The van der Waals surface area contributed by atoms with Crippen LogP contribution in [0.15, 0.2) is 59.1 Å². The maximum Gasteiger partial charge on any atom is 0.251 e. The molecule has 3 rings (SSSR count). The Morgan fingerprint density at radius 1 is 1.08 bits per heavy atom. The number of carbonyl (C=O) groups is 1. The highest BCUT2D eigenvalue weighted by atomic mass is 79.9. The highest BCUT2D eigenvalue weighted by Crippen LogP contribution is 2.40. The lowest BCUT2D eigenvalue weighted by Gasteiger charge is -2.45. The Kier molecular flexibility index (Phi) is 6.15. The number of hydrogen-bond donors (Lipinski definition) is 1. The molecule has 0 saturated heterocycles. The van der Waals surface area contributed by atoms with Crippen LogP contribution >= 0.6 is 15.9 Å². The summed E-state index contributed by atoms with van der Waals surface area (Å²) in [4.78, 5) is 14.8. The zero-order valence-electron chi connectivity index (χ0n) is 15.5. The molecule has 4 heteroatoms. The Labute approximate surface area is 164 Å². The Morgan fingerprint density at radius 3 is 2.27 bits per heavy atom. The molecule has 1 aliphatic rings. The maximum atomic E-state index is 12.5. The van der Waals surface area contributed by atoms with Crippen molar-refractivity contribution >= 4 is 21.8 Å². The van der Waals surface area contributed by atoms with Gasteiger partial charge in [0.15, 0.2) is 0 Å². The van der Waals surface area contributed by atoms with Gasteiger partial charge in [0, 0.05) is 22.1 Å². The summed E-state index contributed by atoms with van der Waals surface area (Å²) in [5.74, 6) is 0.635. The minimum atomic E-state index is 0.00362. The predicted molar refractivity (Wildman–Crippen MR) is 111 cm³/mol. The minimum absolute atomic E-state index is 0.00362. The Morgan fingerprint density at radius 2 is 1.69 bits per heavy atom. The monoisotopic (exact) mass is 414 g/mol. The van der Waals surface area contributed by atoms with Gasteiger partial charge < -0.3 is 10.2 Å². The van der Waals surface area contributed by atoms with Gasteiger partial charge in [-0.15, -0.1) is 0 Å². The van der Waals surface area contributed by atoms with E-state index in [0.717, 1.165) is 30.2 Å². The van der Waals surface area contributed by atoms with Gasteiger partial charge in [0.25, 0.3) is 5.91 Å². The molecule has 26 heavy (non-hydrogen) atoms. The maximum absolute atomic E-state index is 12.5. The van der Waals surface area contributed by atoms with Crippen molar-refractivity contribution in [1.29, 1.82) is 0 Å². The molecule has 2 aromatic rings. The number of nitrogens with zero attached hydrogens (tertiary/aromatic N) is 1. The van der Waals surface area contributed by atoms with Crippen LogP contribution in [0.2, 0.25) is 0 Å². The van der Waals surface area contributed by atoms with Crippen molar-refractivity contribution in [3.8, 4) is 0 Å². The number of carbonyl (C=O) groups excluding carboxylic acids is 1. The molecule has 0 spiro atoms. The summed E-state index contributed by atoms with van der Waals surface area (Å²) in [6.07, 6.45) is 4.52. The van der Waals surface area contributed by atoms with Crippen molar-refractivity contribution in [3.05, 3.63) is 70.2 Å². The normalized spacial score (nSPS) is 23.0. The Bertz CT molecular complexity index is 720. The summed E-state index contributed by atoms with van der Waals surface area (Å²) in [6, 6.07) is 18.3. The molecule has 0 radical (unpaired) electrons. The average Bonchev–Trinajstić information content (AvgIpc) is 2.67. The van der Waals surface area contributed by atoms with E-state index in [1.54, 1.807) is 0 Å². The molecule has 1 saturated carbocycles. The topological polar surface area (TPSA) is 32.3 Å². The van der Waals surface area contributed by atoms with Crippen LogP contribution in [0.4, 0.5) is 0 Å². The van der Waals surface area contributed by atoms with Crippen LogP contribution in [0.1, 0.15) is 47.5 Å². The van der Waals surface area contributed by atoms with Gasteiger partial charge in [-0.1, -0.05) is 46.3 Å². The molecular weight excluding hydrogens is 388 g/mol. The van der Waals surface area contributed by atoms with Gasteiger partial charge in [0.1, 0.15) is 0 Å². The fourth-order valence-corrected chi connectivity index (χ4v) is 4.21. The van der Waals surface area contributed by atoms with E-state index in [1.165, 1.54) is 5.56 Å². The smallest absolute Gasteiger partial charge is 0.251 e. The summed E-state index contributed by atoms with van der Waals surface area (Å²) >= 11 is 3.41. The van der Waals surface area contributed by atoms with Gasteiger partial charge >= 0.3 is 0 Å². The molecule has 2 aromatic carbocycles. The quantitative estimate of drug-likeness (QED) is 0.758. The lowest BCUT2D eigenvalue weighted by Crippen LogP contribution is -2.54. The van der Waals surface area contributed by atoms with E-state index in [0.29, 0.717) is 18.0 Å². The molecule has 1 amide bonds. The van der Waals surface area contributed by atoms with E-state index < -0.39 is 0 Å². The molecule has 1 fully saturated rings. The van der Waals surface area contributed by atoms with Crippen LogP contribution in [-0.2, 0) is 0 Å². The van der Waals surface area contributed by atoms with Crippen molar-refractivity contribution in [2.45, 2.75) is 37.1 Å². The fraction of sp³-hybridized carbons (Fsp3) is 0.409. The summed E-state index contributed by atoms with van der Waals surface area (Å²) in [5, 5.41) is 3.17. The first kappa shape index (κ1) is 19.1. The molecule has 0 aromatic heterocycles. The van der Waals surface area contributed by atoms with Crippen LogP contribution < -0.4 is 5.32 Å².